The summed E-state index contributed by atoms with van der Waals surface area (Å²) in [6.45, 7) is 7.12. The number of aliphatic carboxylic acids is 1. The Balaban J connectivity index is 2.15. The zero-order chi connectivity index (χ0) is 22.0. The van der Waals surface area contributed by atoms with Crippen LogP contribution in [-0.2, 0) is 9.59 Å². The number of carboxylic acid groups (broad SMARTS) is 1. The van der Waals surface area contributed by atoms with Gasteiger partial charge in [-0.3, -0.25) is 23.7 Å². The van der Waals surface area contributed by atoms with E-state index in [1.807, 2.05) is 31.7 Å². The minimum Gasteiger partial charge on any atom is -0.481 e. The molecule has 0 unspecified atom stereocenters. The van der Waals surface area contributed by atoms with Crippen LogP contribution >= 0.6 is 24.0 Å². The summed E-state index contributed by atoms with van der Waals surface area (Å²) in [5.74, 6) is -0.898. The van der Waals surface area contributed by atoms with Gasteiger partial charge in [-0.25, -0.2) is 4.98 Å². The minimum atomic E-state index is -1.01. The van der Waals surface area contributed by atoms with Crippen LogP contribution in [0.4, 0.5) is 5.82 Å². The van der Waals surface area contributed by atoms with E-state index < -0.39 is 11.9 Å². The lowest BCUT2D eigenvalue weighted by Gasteiger charge is -2.22. The molecule has 2 aromatic heterocycles. The Kier molecular flexibility index (Phi) is 6.57. The molecule has 0 aromatic carbocycles. The number of thioether (sulfide) groups is 1. The van der Waals surface area contributed by atoms with Crippen molar-refractivity contribution >= 4 is 57.7 Å². The molecule has 0 saturated carbocycles. The zero-order valence-electron chi connectivity index (χ0n) is 16.9. The Morgan fingerprint density at radius 2 is 2.03 bits per heavy atom. The summed E-state index contributed by atoms with van der Waals surface area (Å²) in [7, 11) is 0. The van der Waals surface area contributed by atoms with E-state index in [0.29, 0.717) is 30.1 Å². The second kappa shape index (κ2) is 8.97. The molecule has 10 heteroatoms. The second-order valence-corrected chi connectivity index (χ2v) is 8.36. The topological polar surface area (TPSA) is 95.2 Å². The van der Waals surface area contributed by atoms with Gasteiger partial charge in [0, 0.05) is 25.8 Å². The molecule has 3 rings (SSSR count). The minimum absolute atomic E-state index is 0.00557. The highest BCUT2D eigenvalue weighted by Gasteiger charge is 2.33. The Morgan fingerprint density at radius 3 is 2.67 bits per heavy atom. The Hall–Kier alpha value is -2.72. The summed E-state index contributed by atoms with van der Waals surface area (Å²) < 4.78 is 1.75. The first-order valence-corrected chi connectivity index (χ1v) is 10.7. The van der Waals surface area contributed by atoms with E-state index in [2.05, 4.69) is 0 Å². The third kappa shape index (κ3) is 4.10. The molecule has 1 aliphatic heterocycles. The van der Waals surface area contributed by atoms with Crippen molar-refractivity contribution in [2.75, 3.05) is 24.5 Å². The fourth-order valence-electron chi connectivity index (χ4n) is 3.22. The maximum absolute atomic E-state index is 13.3. The average Bonchev–Trinajstić information content (AvgIpc) is 2.97. The van der Waals surface area contributed by atoms with Gasteiger partial charge in [0.1, 0.15) is 15.8 Å². The van der Waals surface area contributed by atoms with Crippen molar-refractivity contribution < 1.29 is 14.7 Å². The highest BCUT2D eigenvalue weighted by Crippen LogP contribution is 2.33. The maximum atomic E-state index is 13.3. The van der Waals surface area contributed by atoms with Crippen LogP contribution in [0.2, 0.25) is 0 Å². The third-order valence-corrected chi connectivity index (χ3v) is 6.20. The van der Waals surface area contributed by atoms with Gasteiger partial charge in [0.2, 0.25) is 0 Å². The number of hydrogen-bond donors (Lipinski definition) is 1. The van der Waals surface area contributed by atoms with Gasteiger partial charge >= 0.3 is 5.97 Å². The lowest BCUT2D eigenvalue weighted by molar-refractivity contribution is -0.137. The lowest BCUT2D eigenvalue weighted by Crippen LogP contribution is -2.31. The quantitative estimate of drug-likeness (QED) is 0.512. The van der Waals surface area contributed by atoms with Crippen LogP contribution < -0.4 is 10.5 Å². The highest BCUT2D eigenvalue weighted by molar-refractivity contribution is 8.26. The highest BCUT2D eigenvalue weighted by atomic mass is 32.2. The monoisotopic (exact) mass is 446 g/mol. The largest absolute Gasteiger partial charge is 0.481 e. The molecule has 0 radical (unpaired) electrons. The Morgan fingerprint density at radius 1 is 1.33 bits per heavy atom. The fraction of sp³-hybridized carbons (Fsp3) is 0.350. The average molecular weight is 447 g/mol. The van der Waals surface area contributed by atoms with Gasteiger partial charge in [0.15, 0.2) is 0 Å². The van der Waals surface area contributed by atoms with Crippen molar-refractivity contribution in [1.29, 1.82) is 0 Å². The van der Waals surface area contributed by atoms with Crippen LogP contribution in [0.15, 0.2) is 28.0 Å². The van der Waals surface area contributed by atoms with Crippen LogP contribution in [0.1, 0.15) is 31.4 Å². The SMILES string of the molecule is CCN(CC)c1nc2c(C)cccn2c(=O)c1C=C1SC(=S)N(CCC(=O)O)C1=O. The van der Waals surface area contributed by atoms with Crippen LogP contribution in [0.25, 0.3) is 11.7 Å². The number of fused-ring (bicyclic) bond motifs is 1. The van der Waals surface area contributed by atoms with Crippen LogP contribution in [0.3, 0.4) is 0 Å². The van der Waals surface area contributed by atoms with Gasteiger partial charge in [0.25, 0.3) is 11.5 Å². The predicted molar refractivity (Wildman–Crippen MR) is 122 cm³/mol. The zero-order valence-corrected chi connectivity index (χ0v) is 18.5. The van der Waals surface area contributed by atoms with Crippen LogP contribution in [0, 0.1) is 6.92 Å². The Bertz CT molecular complexity index is 1120. The summed E-state index contributed by atoms with van der Waals surface area (Å²) in [6, 6.07) is 3.67. The standard InChI is InChI=1S/C20H22N4O4S2/c1-4-22(5-2)17-13(18(27)23-9-6-7-12(3)16(23)21-17)11-14-19(28)24(20(29)30-14)10-8-15(25)26/h6-7,9,11H,4-5,8,10H2,1-3H3,(H,25,26). The molecule has 30 heavy (non-hydrogen) atoms. The number of nitrogens with zero attached hydrogens (tertiary/aromatic N) is 4. The molecule has 1 aliphatic rings. The molecule has 1 saturated heterocycles. The molecule has 0 bridgehead atoms. The fourth-order valence-corrected chi connectivity index (χ4v) is 4.51. The summed E-state index contributed by atoms with van der Waals surface area (Å²) in [5, 5.41) is 8.90. The van der Waals surface area contributed by atoms with Crippen molar-refractivity contribution in [2.45, 2.75) is 27.2 Å². The predicted octanol–water partition coefficient (Wildman–Crippen LogP) is 2.53. The summed E-state index contributed by atoms with van der Waals surface area (Å²) in [6.07, 6.45) is 2.97. The molecule has 0 spiro atoms. The number of aryl methyl sites for hydroxylation is 1. The smallest absolute Gasteiger partial charge is 0.305 e. The van der Waals surface area contributed by atoms with Crippen LogP contribution in [0.5, 0.6) is 0 Å². The number of aromatic nitrogens is 2. The van der Waals surface area contributed by atoms with Crippen molar-refractivity contribution in [3.63, 3.8) is 0 Å². The van der Waals surface area contributed by atoms with Crippen LogP contribution in [-0.4, -0.2) is 55.2 Å². The summed E-state index contributed by atoms with van der Waals surface area (Å²) in [4.78, 5) is 45.2. The molecule has 2 aromatic rings. The van der Waals surface area contributed by atoms with Gasteiger partial charge in [-0.1, -0.05) is 30.0 Å². The molecular formula is C20H22N4O4S2. The molecule has 8 nitrogen and oxygen atoms in total. The summed E-state index contributed by atoms with van der Waals surface area (Å²) in [5.41, 5.74) is 1.46. The van der Waals surface area contributed by atoms with Crippen molar-refractivity contribution in [3.8, 4) is 0 Å². The number of rotatable bonds is 7. The van der Waals surface area contributed by atoms with Gasteiger partial charge in [-0.15, -0.1) is 0 Å². The third-order valence-electron chi connectivity index (χ3n) is 4.83. The van der Waals surface area contributed by atoms with Gasteiger partial charge in [-0.05, 0) is 38.5 Å². The van der Waals surface area contributed by atoms with E-state index in [1.54, 1.807) is 12.3 Å². The lowest BCUT2D eigenvalue weighted by atomic mass is 10.2. The number of amides is 1. The molecule has 158 valence electrons. The molecular weight excluding hydrogens is 424 g/mol. The second-order valence-electron chi connectivity index (χ2n) is 6.69. The molecule has 0 aliphatic carbocycles. The Labute approximate surface area is 183 Å². The first-order chi connectivity index (χ1) is 14.3. The van der Waals surface area contributed by atoms with E-state index >= 15 is 0 Å². The molecule has 1 fully saturated rings. The van der Waals surface area contributed by atoms with E-state index in [9.17, 15) is 14.4 Å². The number of hydrogen-bond acceptors (Lipinski definition) is 7. The summed E-state index contributed by atoms with van der Waals surface area (Å²) >= 11 is 6.31. The molecule has 1 N–H and O–H groups in total. The van der Waals surface area contributed by atoms with E-state index in [4.69, 9.17) is 22.3 Å². The van der Waals surface area contributed by atoms with E-state index in [1.165, 1.54) is 15.4 Å². The number of anilines is 1. The number of carboxylic acids is 1. The van der Waals surface area contributed by atoms with Crippen molar-refractivity contribution in [1.82, 2.24) is 14.3 Å². The number of thiocarbonyl (C=S) groups is 1. The normalized spacial score (nSPS) is 15.4. The number of carbonyl (C=O) groups is 2. The van der Waals surface area contributed by atoms with Gasteiger partial charge in [0.05, 0.1) is 16.9 Å². The van der Waals surface area contributed by atoms with E-state index in [0.717, 1.165) is 17.3 Å². The van der Waals surface area contributed by atoms with Gasteiger partial charge < -0.3 is 10.0 Å². The molecule has 3 heterocycles. The number of pyridine rings is 1. The first kappa shape index (κ1) is 22.0. The molecule has 1 amide bonds. The van der Waals surface area contributed by atoms with Crippen molar-refractivity contribution in [3.05, 3.63) is 44.7 Å². The van der Waals surface area contributed by atoms with Gasteiger partial charge in [-0.2, -0.15) is 0 Å². The first-order valence-electron chi connectivity index (χ1n) is 9.52. The molecule has 0 atom stereocenters. The number of carbonyl (C=O) groups excluding carboxylic acids is 1. The maximum Gasteiger partial charge on any atom is 0.305 e. The van der Waals surface area contributed by atoms with E-state index in [-0.39, 0.29) is 27.8 Å². The van der Waals surface area contributed by atoms with Crippen molar-refractivity contribution in [2.24, 2.45) is 0 Å².